The predicted molar refractivity (Wildman–Crippen MR) is 102 cm³/mol. The van der Waals surface area contributed by atoms with E-state index in [0.29, 0.717) is 11.8 Å². The van der Waals surface area contributed by atoms with E-state index in [9.17, 15) is 4.79 Å². The standard InChI is InChI=1S/C18H25N5O2S/c1-12-15(26-13(2)21-12)18(24)23-9-5-14(6-10-23)11-22(3)16-17(25-4)20-8-7-19-16/h7-8,14H,5-6,9-11H2,1-4H3. The molecule has 2 aromatic heterocycles. The number of ether oxygens (including phenoxy) is 1. The molecule has 7 nitrogen and oxygen atoms in total. The average Bonchev–Trinajstić information content (AvgIpc) is 2.99. The number of hydrogen-bond acceptors (Lipinski definition) is 7. The van der Waals surface area contributed by atoms with Gasteiger partial charge in [0, 0.05) is 39.1 Å². The van der Waals surface area contributed by atoms with Crippen molar-refractivity contribution in [2.45, 2.75) is 26.7 Å². The number of likely N-dealkylation sites (tertiary alicyclic amines) is 1. The van der Waals surface area contributed by atoms with Crippen LogP contribution in [0.1, 0.15) is 33.2 Å². The normalized spacial score (nSPS) is 15.2. The van der Waals surface area contributed by atoms with E-state index >= 15 is 0 Å². The molecule has 0 aliphatic carbocycles. The second-order valence-corrected chi connectivity index (χ2v) is 7.86. The van der Waals surface area contributed by atoms with Crippen LogP contribution in [0.3, 0.4) is 0 Å². The number of nitrogens with zero attached hydrogens (tertiary/aromatic N) is 5. The van der Waals surface area contributed by atoms with Gasteiger partial charge in [0.25, 0.3) is 11.8 Å². The summed E-state index contributed by atoms with van der Waals surface area (Å²) in [6.45, 7) is 6.29. The number of carbonyl (C=O) groups excluding carboxylic acids is 1. The molecule has 26 heavy (non-hydrogen) atoms. The van der Waals surface area contributed by atoms with Gasteiger partial charge in [-0.25, -0.2) is 15.0 Å². The van der Waals surface area contributed by atoms with Crippen LogP contribution in [0.5, 0.6) is 5.88 Å². The number of aryl methyl sites for hydroxylation is 2. The Morgan fingerprint density at radius 1 is 1.31 bits per heavy atom. The fraction of sp³-hybridized carbons (Fsp3) is 0.556. The Morgan fingerprint density at radius 2 is 2.00 bits per heavy atom. The summed E-state index contributed by atoms with van der Waals surface area (Å²) < 4.78 is 5.29. The van der Waals surface area contributed by atoms with Gasteiger partial charge in [-0.05, 0) is 32.6 Å². The van der Waals surface area contributed by atoms with Gasteiger partial charge in [0.05, 0.1) is 17.8 Å². The molecule has 1 saturated heterocycles. The highest BCUT2D eigenvalue weighted by atomic mass is 32.1. The van der Waals surface area contributed by atoms with Crippen molar-refractivity contribution in [3.63, 3.8) is 0 Å². The first kappa shape index (κ1) is 18.6. The fourth-order valence-corrected chi connectivity index (χ4v) is 4.28. The van der Waals surface area contributed by atoms with Crippen molar-refractivity contribution in [3.05, 3.63) is 28.0 Å². The molecule has 1 aliphatic heterocycles. The summed E-state index contributed by atoms with van der Waals surface area (Å²) in [6.07, 6.45) is 5.27. The smallest absolute Gasteiger partial charge is 0.265 e. The Labute approximate surface area is 158 Å². The van der Waals surface area contributed by atoms with E-state index < -0.39 is 0 Å². The van der Waals surface area contributed by atoms with Gasteiger partial charge in [-0.1, -0.05) is 0 Å². The number of carbonyl (C=O) groups is 1. The van der Waals surface area contributed by atoms with Crippen LogP contribution >= 0.6 is 11.3 Å². The van der Waals surface area contributed by atoms with Crippen LogP contribution in [0.4, 0.5) is 5.82 Å². The van der Waals surface area contributed by atoms with Crippen LogP contribution in [0.15, 0.2) is 12.4 Å². The van der Waals surface area contributed by atoms with E-state index in [2.05, 4.69) is 19.9 Å². The summed E-state index contributed by atoms with van der Waals surface area (Å²) in [7, 11) is 3.61. The van der Waals surface area contributed by atoms with Gasteiger partial charge < -0.3 is 14.5 Å². The molecule has 0 radical (unpaired) electrons. The van der Waals surface area contributed by atoms with Crippen LogP contribution < -0.4 is 9.64 Å². The van der Waals surface area contributed by atoms with Crippen molar-refractivity contribution in [2.24, 2.45) is 5.92 Å². The van der Waals surface area contributed by atoms with Gasteiger partial charge in [0.2, 0.25) is 0 Å². The lowest BCUT2D eigenvalue weighted by molar-refractivity contribution is 0.0697. The molecule has 8 heteroatoms. The molecule has 0 bridgehead atoms. The number of rotatable bonds is 5. The summed E-state index contributed by atoms with van der Waals surface area (Å²) in [4.78, 5) is 30.5. The number of aromatic nitrogens is 3. The molecule has 3 heterocycles. The third-order valence-electron chi connectivity index (χ3n) is 4.73. The molecule has 2 aromatic rings. The molecule has 1 amide bonds. The second-order valence-electron chi connectivity index (χ2n) is 6.65. The lowest BCUT2D eigenvalue weighted by Crippen LogP contribution is -2.41. The minimum atomic E-state index is 0.121. The number of amides is 1. The maximum atomic E-state index is 12.7. The number of methoxy groups -OCH3 is 1. The largest absolute Gasteiger partial charge is 0.478 e. The van der Waals surface area contributed by atoms with E-state index in [4.69, 9.17) is 4.74 Å². The van der Waals surface area contributed by atoms with Crippen molar-refractivity contribution >= 4 is 23.1 Å². The number of piperidine rings is 1. The maximum Gasteiger partial charge on any atom is 0.265 e. The van der Waals surface area contributed by atoms with Crippen molar-refractivity contribution in [1.82, 2.24) is 19.9 Å². The SMILES string of the molecule is COc1nccnc1N(C)CC1CCN(C(=O)c2sc(C)nc2C)CC1. The highest BCUT2D eigenvalue weighted by Crippen LogP contribution is 2.26. The summed E-state index contributed by atoms with van der Waals surface area (Å²) in [5.41, 5.74) is 0.842. The third-order valence-corrected chi connectivity index (χ3v) is 5.79. The molecule has 0 spiro atoms. The molecule has 0 aromatic carbocycles. The van der Waals surface area contributed by atoms with E-state index in [1.807, 2.05) is 25.8 Å². The van der Waals surface area contributed by atoms with Gasteiger partial charge in [-0.15, -0.1) is 11.3 Å². The topological polar surface area (TPSA) is 71.5 Å². The van der Waals surface area contributed by atoms with E-state index in [-0.39, 0.29) is 5.91 Å². The van der Waals surface area contributed by atoms with Gasteiger partial charge in [0.15, 0.2) is 5.82 Å². The van der Waals surface area contributed by atoms with Crippen LogP contribution in [0.25, 0.3) is 0 Å². The lowest BCUT2D eigenvalue weighted by Gasteiger charge is -2.34. The molecule has 0 atom stereocenters. The van der Waals surface area contributed by atoms with Crippen molar-refractivity contribution < 1.29 is 9.53 Å². The highest BCUT2D eigenvalue weighted by Gasteiger charge is 2.27. The zero-order valence-electron chi connectivity index (χ0n) is 15.7. The number of anilines is 1. The summed E-state index contributed by atoms with van der Waals surface area (Å²) in [5, 5.41) is 0.945. The first-order chi connectivity index (χ1) is 12.5. The first-order valence-corrected chi connectivity index (χ1v) is 9.60. The molecule has 0 unspecified atom stereocenters. The predicted octanol–water partition coefficient (Wildman–Crippen LogP) is 2.55. The summed E-state index contributed by atoms with van der Waals surface area (Å²) >= 11 is 1.49. The van der Waals surface area contributed by atoms with E-state index in [1.165, 1.54) is 11.3 Å². The monoisotopic (exact) mass is 375 g/mol. The Morgan fingerprint density at radius 3 is 2.62 bits per heavy atom. The Bertz CT molecular complexity index is 771. The minimum absolute atomic E-state index is 0.121. The van der Waals surface area contributed by atoms with Crippen LogP contribution in [-0.4, -0.2) is 59.6 Å². The highest BCUT2D eigenvalue weighted by molar-refractivity contribution is 7.13. The zero-order chi connectivity index (χ0) is 18.7. The molecule has 0 N–H and O–H groups in total. The van der Waals surface area contributed by atoms with Crippen LogP contribution in [0.2, 0.25) is 0 Å². The number of thiazole rings is 1. The Balaban J connectivity index is 1.57. The van der Waals surface area contributed by atoms with Gasteiger partial charge in [-0.3, -0.25) is 4.79 Å². The number of hydrogen-bond donors (Lipinski definition) is 0. The van der Waals surface area contributed by atoms with E-state index in [0.717, 1.165) is 53.9 Å². The third kappa shape index (κ3) is 3.95. The molecular weight excluding hydrogens is 350 g/mol. The van der Waals surface area contributed by atoms with Gasteiger partial charge in [-0.2, -0.15) is 0 Å². The Kier molecular flexibility index (Phi) is 5.70. The maximum absolute atomic E-state index is 12.7. The van der Waals surface area contributed by atoms with Gasteiger partial charge in [0.1, 0.15) is 4.88 Å². The average molecular weight is 375 g/mol. The molecule has 3 rings (SSSR count). The second kappa shape index (κ2) is 7.99. The molecule has 140 valence electrons. The molecule has 1 aliphatic rings. The van der Waals surface area contributed by atoms with Crippen LogP contribution in [-0.2, 0) is 0 Å². The first-order valence-electron chi connectivity index (χ1n) is 8.79. The summed E-state index contributed by atoms with van der Waals surface area (Å²) in [6, 6.07) is 0. The van der Waals surface area contributed by atoms with Crippen LogP contribution in [0, 0.1) is 19.8 Å². The fourth-order valence-electron chi connectivity index (χ4n) is 3.39. The molecule has 0 saturated carbocycles. The van der Waals surface area contributed by atoms with E-state index in [1.54, 1.807) is 19.5 Å². The quantitative estimate of drug-likeness (QED) is 0.800. The van der Waals surface area contributed by atoms with Gasteiger partial charge >= 0.3 is 0 Å². The van der Waals surface area contributed by atoms with Crippen molar-refractivity contribution in [3.8, 4) is 5.88 Å². The van der Waals surface area contributed by atoms with Crippen molar-refractivity contribution in [1.29, 1.82) is 0 Å². The molecule has 1 fully saturated rings. The molecular formula is C18H25N5O2S. The Hall–Kier alpha value is -2.22. The lowest BCUT2D eigenvalue weighted by atomic mass is 9.96. The zero-order valence-corrected chi connectivity index (χ0v) is 16.5. The summed E-state index contributed by atoms with van der Waals surface area (Å²) in [5.74, 6) is 1.93. The minimum Gasteiger partial charge on any atom is -0.478 e. The van der Waals surface area contributed by atoms with Crippen molar-refractivity contribution in [2.75, 3.05) is 38.7 Å².